The Kier molecular flexibility index (Phi) is 5.17. The molecule has 2 aromatic heterocycles. The first kappa shape index (κ1) is 16.5. The standard InChI is InChI=1S/C15H18ClN7O/c1-3-8-23(9-13-17-21-22(2)20-13)10-14-18-19-15(24-14)11-6-4-5-7-12(11)16/h4-7H,3,8-10H2,1-2H3. The van der Waals surface area contributed by atoms with Crippen molar-refractivity contribution in [2.24, 2.45) is 7.05 Å². The fourth-order valence-corrected chi connectivity index (χ4v) is 2.59. The van der Waals surface area contributed by atoms with Gasteiger partial charge in [0.2, 0.25) is 11.8 Å². The van der Waals surface area contributed by atoms with E-state index in [1.165, 1.54) is 4.80 Å². The molecular weight excluding hydrogens is 330 g/mol. The molecular formula is C15H18ClN7O. The Morgan fingerprint density at radius 1 is 1.17 bits per heavy atom. The van der Waals surface area contributed by atoms with Crippen molar-refractivity contribution < 1.29 is 4.42 Å². The number of benzene rings is 1. The molecule has 126 valence electrons. The Hall–Kier alpha value is -2.32. The van der Waals surface area contributed by atoms with Gasteiger partial charge in [0, 0.05) is 0 Å². The summed E-state index contributed by atoms with van der Waals surface area (Å²) in [4.78, 5) is 3.59. The van der Waals surface area contributed by atoms with Crippen molar-refractivity contribution in [2.45, 2.75) is 26.4 Å². The topological polar surface area (TPSA) is 85.8 Å². The van der Waals surface area contributed by atoms with Crippen LogP contribution in [0.4, 0.5) is 0 Å². The van der Waals surface area contributed by atoms with Gasteiger partial charge in [-0.2, -0.15) is 4.80 Å². The molecule has 24 heavy (non-hydrogen) atoms. The van der Waals surface area contributed by atoms with Crippen LogP contribution in [0.2, 0.25) is 5.02 Å². The molecule has 0 saturated heterocycles. The molecule has 1 aromatic carbocycles. The molecule has 0 atom stereocenters. The summed E-state index contributed by atoms with van der Waals surface area (Å²) in [6, 6.07) is 7.39. The van der Waals surface area contributed by atoms with Crippen LogP contribution in [0.1, 0.15) is 25.1 Å². The Bertz CT molecular complexity index is 800. The first-order valence-electron chi connectivity index (χ1n) is 7.68. The molecule has 0 unspecified atom stereocenters. The first-order valence-corrected chi connectivity index (χ1v) is 8.06. The number of nitrogens with zero attached hydrogens (tertiary/aromatic N) is 7. The highest BCUT2D eigenvalue weighted by atomic mass is 35.5. The van der Waals surface area contributed by atoms with Crippen LogP contribution in [-0.2, 0) is 20.1 Å². The van der Waals surface area contributed by atoms with Crippen molar-refractivity contribution in [3.8, 4) is 11.5 Å². The van der Waals surface area contributed by atoms with Crippen molar-refractivity contribution in [3.63, 3.8) is 0 Å². The van der Waals surface area contributed by atoms with Crippen molar-refractivity contribution in [2.75, 3.05) is 6.54 Å². The third-order valence-corrected chi connectivity index (χ3v) is 3.71. The largest absolute Gasteiger partial charge is 0.419 e. The molecule has 0 fully saturated rings. The number of hydrogen-bond acceptors (Lipinski definition) is 7. The van der Waals surface area contributed by atoms with Crippen molar-refractivity contribution >= 4 is 11.6 Å². The predicted molar refractivity (Wildman–Crippen MR) is 87.9 cm³/mol. The van der Waals surface area contributed by atoms with Crippen LogP contribution >= 0.6 is 11.6 Å². The van der Waals surface area contributed by atoms with E-state index in [2.05, 4.69) is 37.4 Å². The third-order valence-electron chi connectivity index (χ3n) is 3.38. The van der Waals surface area contributed by atoms with E-state index in [1.54, 1.807) is 13.1 Å². The average Bonchev–Trinajstić information content (AvgIpc) is 3.17. The molecule has 0 aliphatic heterocycles. The maximum absolute atomic E-state index is 6.17. The molecule has 8 nitrogen and oxygen atoms in total. The fourth-order valence-electron chi connectivity index (χ4n) is 2.37. The Morgan fingerprint density at radius 3 is 2.71 bits per heavy atom. The van der Waals surface area contributed by atoms with Gasteiger partial charge in [-0.3, -0.25) is 4.90 Å². The third kappa shape index (κ3) is 3.95. The molecule has 0 aliphatic rings. The van der Waals surface area contributed by atoms with Gasteiger partial charge in [0.1, 0.15) is 0 Å². The molecule has 0 aliphatic carbocycles. The predicted octanol–water partition coefficient (Wildman–Crippen LogP) is 2.33. The first-order chi connectivity index (χ1) is 11.7. The molecule has 0 N–H and O–H groups in total. The van der Waals surface area contributed by atoms with Crippen LogP contribution in [0.5, 0.6) is 0 Å². The zero-order valence-electron chi connectivity index (χ0n) is 13.6. The van der Waals surface area contributed by atoms with Crippen LogP contribution in [0.15, 0.2) is 28.7 Å². The average molecular weight is 348 g/mol. The number of hydrogen-bond donors (Lipinski definition) is 0. The lowest BCUT2D eigenvalue weighted by Crippen LogP contribution is -2.24. The van der Waals surface area contributed by atoms with Crippen LogP contribution in [0.3, 0.4) is 0 Å². The van der Waals surface area contributed by atoms with E-state index in [9.17, 15) is 0 Å². The monoisotopic (exact) mass is 347 g/mol. The summed E-state index contributed by atoms with van der Waals surface area (Å²) in [6.45, 7) is 4.07. The minimum Gasteiger partial charge on any atom is -0.419 e. The van der Waals surface area contributed by atoms with Crippen molar-refractivity contribution in [3.05, 3.63) is 41.0 Å². The van der Waals surface area contributed by atoms with Crippen LogP contribution < -0.4 is 0 Å². The van der Waals surface area contributed by atoms with E-state index >= 15 is 0 Å². The Morgan fingerprint density at radius 2 is 2.00 bits per heavy atom. The summed E-state index contributed by atoms with van der Waals surface area (Å²) in [5.41, 5.74) is 0.732. The molecule has 0 amide bonds. The number of rotatable bonds is 7. The maximum Gasteiger partial charge on any atom is 0.249 e. The second kappa shape index (κ2) is 7.50. The number of aromatic nitrogens is 6. The van der Waals surface area contributed by atoms with Crippen LogP contribution in [0.25, 0.3) is 11.5 Å². The van der Waals surface area contributed by atoms with Crippen molar-refractivity contribution in [1.82, 2.24) is 35.3 Å². The summed E-state index contributed by atoms with van der Waals surface area (Å²) in [5.74, 6) is 1.61. The van der Waals surface area contributed by atoms with Gasteiger partial charge < -0.3 is 4.42 Å². The molecule has 9 heteroatoms. The fraction of sp³-hybridized carbons (Fsp3) is 0.400. The Labute approximate surface area is 144 Å². The minimum atomic E-state index is 0.421. The van der Waals surface area contributed by atoms with E-state index in [4.69, 9.17) is 16.0 Å². The van der Waals surface area contributed by atoms with Crippen molar-refractivity contribution in [1.29, 1.82) is 0 Å². The maximum atomic E-state index is 6.17. The number of aryl methyl sites for hydroxylation is 1. The summed E-state index contributed by atoms with van der Waals surface area (Å²) < 4.78 is 5.76. The van der Waals surface area contributed by atoms with Gasteiger partial charge in [-0.1, -0.05) is 30.7 Å². The molecule has 3 aromatic rings. The number of tetrazole rings is 1. The zero-order valence-corrected chi connectivity index (χ0v) is 14.3. The van der Waals surface area contributed by atoms with E-state index in [1.807, 2.05) is 18.2 Å². The smallest absolute Gasteiger partial charge is 0.249 e. The van der Waals surface area contributed by atoms with Gasteiger partial charge in [-0.15, -0.1) is 20.4 Å². The van der Waals surface area contributed by atoms with E-state index in [-0.39, 0.29) is 0 Å². The van der Waals surface area contributed by atoms with E-state index in [0.29, 0.717) is 35.7 Å². The highest BCUT2D eigenvalue weighted by Gasteiger charge is 2.16. The second-order valence-electron chi connectivity index (χ2n) is 5.39. The van der Waals surface area contributed by atoms with Gasteiger partial charge in [0.15, 0.2) is 5.82 Å². The highest BCUT2D eigenvalue weighted by Crippen LogP contribution is 2.26. The van der Waals surface area contributed by atoms with Crippen LogP contribution in [-0.4, -0.2) is 41.8 Å². The molecule has 0 radical (unpaired) electrons. The minimum absolute atomic E-state index is 0.421. The van der Waals surface area contributed by atoms with E-state index < -0.39 is 0 Å². The highest BCUT2D eigenvalue weighted by molar-refractivity contribution is 6.33. The molecule has 0 saturated carbocycles. The Balaban J connectivity index is 1.72. The van der Waals surface area contributed by atoms with Gasteiger partial charge in [0.25, 0.3) is 0 Å². The lowest BCUT2D eigenvalue weighted by Gasteiger charge is -2.17. The lowest BCUT2D eigenvalue weighted by molar-refractivity contribution is 0.226. The van der Waals surface area contributed by atoms with Gasteiger partial charge in [-0.25, -0.2) is 0 Å². The molecule has 3 rings (SSSR count). The quantitative estimate of drug-likeness (QED) is 0.648. The van der Waals surface area contributed by atoms with Gasteiger partial charge >= 0.3 is 0 Å². The summed E-state index contributed by atoms with van der Waals surface area (Å²) in [6.07, 6.45) is 0.992. The molecule has 0 spiro atoms. The second-order valence-corrected chi connectivity index (χ2v) is 5.79. The normalized spacial score (nSPS) is 11.3. The van der Waals surface area contributed by atoms with Gasteiger partial charge in [-0.05, 0) is 30.3 Å². The number of halogens is 1. The van der Waals surface area contributed by atoms with Gasteiger partial charge in [0.05, 0.1) is 30.7 Å². The van der Waals surface area contributed by atoms with E-state index in [0.717, 1.165) is 18.5 Å². The van der Waals surface area contributed by atoms with Crippen LogP contribution in [0, 0.1) is 0 Å². The zero-order chi connectivity index (χ0) is 16.9. The summed E-state index contributed by atoms with van der Waals surface area (Å²) >= 11 is 6.17. The summed E-state index contributed by atoms with van der Waals surface area (Å²) in [5, 5.41) is 20.9. The lowest BCUT2D eigenvalue weighted by atomic mass is 10.2. The summed E-state index contributed by atoms with van der Waals surface area (Å²) in [7, 11) is 1.74. The SMILES string of the molecule is CCCN(Cc1nnn(C)n1)Cc1nnc(-c2ccccc2Cl)o1. The molecule has 2 heterocycles. The molecule has 0 bridgehead atoms.